The average molecular weight is 290 g/mol. The van der Waals surface area contributed by atoms with Gasteiger partial charge in [0.25, 0.3) is 0 Å². The van der Waals surface area contributed by atoms with E-state index in [0.717, 1.165) is 6.42 Å². The number of anilines is 1. The third-order valence-electron chi connectivity index (χ3n) is 5.26. The standard InChI is InChI=1S/C16H19FN2O2/c1-15(2)10-7-8-16(9-10,13(15)19-21)14(20)18-12-6-4-3-5-11(12)17/h3-6,10,21H,7-9H2,1-2H3,(H,18,20)/b19-13+. The molecule has 2 aliphatic rings. The number of nitrogens with zero attached hydrogens (tertiary/aromatic N) is 1. The lowest BCUT2D eigenvalue weighted by Gasteiger charge is -2.35. The van der Waals surface area contributed by atoms with Crippen LogP contribution < -0.4 is 5.32 Å². The monoisotopic (exact) mass is 290 g/mol. The molecule has 5 heteroatoms. The average Bonchev–Trinajstić information content (AvgIpc) is 2.96. The molecule has 1 aromatic carbocycles. The molecule has 21 heavy (non-hydrogen) atoms. The van der Waals surface area contributed by atoms with Gasteiger partial charge in [-0.2, -0.15) is 0 Å². The quantitative estimate of drug-likeness (QED) is 0.647. The van der Waals surface area contributed by atoms with Gasteiger partial charge in [0.2, 0.25) is 5.91 Å². The molecule has 2 fully saturated rings. The number of rotatable bonds is 2. The zero-order chi connectivity index (χ0) is 15.3. The van der Waals surface area contributed by atoms with Crippen LogP contribution in [0.2, 0.25) is 0 Å². The third kappa shape index (κ3) is 1.87. The Labute approximate surface area is 123 Å². The predicted molar refractivity (Wildman–Crippen MR) is 77.8 cm³/mol. The fourth-order valence-corrected chi connectivity index (χ4v) is 4.03. The number of carbonyl (C=O) groups is 1. The van der Waals surface area contributed by atoms with Gasteiger partial charge in [0.05, 0.1) is 16.8 Å². The molecule has 2 saturated carbocycles. The van der Waals surface area contributed by atoms with Gasteiger partial charge in [0.15, 0.2) is 0 Å². The van der Waals surface area contributed by atoms with Crippen molar-refractivity contribution < 1.29 is 14.4 Å². The minimum atomic E-state index is -0.800. The Morgan fingerprint density at radius 3 is 2.81 bits per heavy atom. The summed E-state index contributed by atoms with van der Waals surface area (Å²) in [4.78, 5) is 12.7. The Bertz CT molecular complexity index is 626. The van der Waals surface area contributed by atoms with Crippen LogP contribution in [0.15, 0.2) is 29.4 Å². The van der Waals surface area contributed by atoms with Crippen molar-refractivity contribution in [3.05, 3.63) is 30.1 Å². The molecule has 4 nitrogen and oxygen atoms in total. The molecule has 0 spiro atoms. The topological polar surface area (TPSA) is 61.7 Å². The summed E-state index contributed by atoms with van der Waals surface area (Å²) in [7, 11) is 0. The molecule has 2 unspecified atom stereocenters. The van der Waals surface area contributed by atoms with Crippen LogP contribution in [-0.2, 0) is 4.79 Å². The van der Waals surface area contributed by atoms with E-state index in [0.29, 0.717) is 24.5 Å². The van der Waals surface area contributed by atoms with Gasteiger partial charge in [0, 0.05) is 5.41 Å². The lowest BCUT2D eigenvalue weighted by atomic mass is 9.70. The normalized spacial score (nSPS) is 31.6. The first kappa shape index (κ1) is 14.0. The minimum absolute atomic E-state index is 0.169. The summed E-state index contributed by atoms with van der Waals surface area (Å²) in [6.07, 6.45) is 2.25. The second-order valence-electron chi connectivity index (χ2n) is 6.63. The molecule has 1 aromatic rings. The fraction of sp³-hybridized carbons (Fsp3) is 0.500. The number of hydrogen-bond donors (Lipinski definition) is 2. The highest BCUT2D eigenvalue weighted by atomic mass is 19.1. The summed E-state index contributed by atoms with van der Waals surface area (Å²) < 4.78 is 13.7. The zero-order valence-electron chi connectivity index (χ0n) is 12.2. The lowest BCUT2D eigenvalue weighted by molar-refractivity contribution is -0.122. The molecule has 0 saturated heterocycles. The van der Waals surface area contributed by atoms with Gasteiger partial charge in [-0.1, -0.05) is 31.1 Å². The van der Waals surface area contributed by atoms with Gasteiger partial charge >= 0.3 is 0 Å². The highest BCUT2D eigenvalue weighted by Gasteiger charge is 2.63. The maximum absolute atomic E-state index is 13.7. The molecule has 2 atom stereocenters. The molecular weight excluding hydrogens is 271 g/mol. The number of oxime groups is 1. The van der Waals surface area contributed by atoms with Crippen molar-refractivity contribution in [3.63, 3.8) is 0 Å². The van der Waals surface area contributed by atoms with E-state index in [9.17, 15) is 14.4 Å². The number of nitrogens with one attached hydrogen (secondary N) is 1. The van der Waals surface area contributed by atoms with Gasteiger partial charge < -0.3 is 10.5 Å². The van der Waals surface area contributed by atoms with E-state index >= 15 is 0 Å². The molecule has 3 rings (SSSR count). The SMILES string of the molecule is CC1(C)/C(=N\O)C2(C(=O)Nc3ccccc3F)CCC1C2. The van der Waals surface area contributed by atoms with Crippen LogP contribution in [0, 0.1) is 22.6 Å². The molecule has 112 valence electrons. The molecule has 2 bridgehead atoms. The van der Waals surface area contributed by atoms with Crippen molar-refractivity contribution in [2.45, 2.75) is 33.1 Å². The molecule has 2 N–H and O–H groups in total. The van der Waals surface area contributed by atoms with Crippen LogP contribution in [0.25, 0.3) is 0 Å². The fourth-order valence-electron chi connectivity index (χ4n) is 4.03. The van der Waals surface area contributed by atoms with Crippen molar-refractivity contribution >= 4 is 17.3 Å². The van der Waals surface area contributed by atoms with Crippen LogP contribution >= 0.6 is 0 Å². The van der Waals surface area contributed by atoms with E-state index in [-0.39, 0.29) is 17.0 Å². The third-order valence-corrected chi connectivity index (χ3v) is 5.26. The molecule has 0 aliphatic heterocycles. The van der Waals surface area contributed by atoms with E-state index in [4.69, 9.17) is 0 Å². The lowest BCUT2D eigenvalue weighted by Crippen LogP contribution is -2.44. The Morgan fingerprint density at radius 1 is 1.43 bits per heavy atom. The van der Waals surface area contributed by atoms with Crippen LogP contribution in [-0.4, -0.2) is 16.8 Å². The van der Waals surface area contributed by atoms with Crippen molar-refractivity contribution in [2.75, 3.05) is 5.32 Å². The van der Waals surface area contributed by atoms with Crippen LogP contribution in [0.3, 0.4) is 0 Å². The molecule has 0 heterocycles. The summed E-state index contributed by atoms with van der Waals surface area (Å²) in [5.74, 6) is -0.403. The maximum Gasteiger partial charge on any atom is 0.236 e. The zero-order valence-corrected chi connectivity index (χ0v) is 12.2. The van der Waals surface area contributed by atoms with Gasteiger partial charge in [0.1, 0.15) is 5.82 Å². The smallest absolute Gasteiger partial charge is 0.236 e. The molecule has 1 amide bonds. The Kier molecular flexibility index (Phi) is 3.04. The molecule has 0 radical (unpaired) electrons. The Balaban J connectivity index is 1.93. The summed E-state index contributed by atoms with van der Waals surface area (Å²) in [5, 5.41) is 15.5. The number of carbonyl (C=O) groups excluding carboxylic acids is 1. The highest BCUT2D eigenvalue weighted by Crippen LogP contribution is 2.61. The van der Waals surface area contributed by atoms with Crippen LogP contribution in [0.5, 0.6) is 0 Å². The van der Waals surface area contributed by atoms with Crippen molar-refractivity contribution in [2.24, 2.45) is 21.9 Å². The largest absolute Gasteiger partial charge is 0.411 e. The van der Waals surface area contributed by atoms with Gasteiger partial charge in [-0.15, -0.1) is 0 Å². The Hall–Kier alpha value is -1.91. The molecular formula is C16H19FN2O2. The molecule has 2 aliphatic carbocycles. The van der Waals surface area contributed by atoms with Crippen LogP contribution in [0.1, 0.15) is 33.1 Å². The van der Waals surface area contributed by atoms with Crippen molar-refractivity contribution in [1.82, 2.24) is 0 Å². The van der Waals surface area contributed by atoms with E-state index in [1.807, 2.05) is 13.8 Å². The summed E-state index contributed by atoms with van der Waals surface area (Å²) >= 11 is 0. The van der Waals surface area contributed by atoms with Gasteiger partial charge in [-0.05, 0) is 37.3 Å². The highest BCUT2D eigenvalue weighted by molar-refractivity contribution is 6.17. The first-order chi connectivity index (χ1) is 9.91. The maximum atomic E-state index is 13.7. The number of halogens is 1. The Morgan fingerprint density at radius 2 is 2.14 bits per heavy atom. The predicted octanol–water partition coefficient (Wildman–Crippen LogP) is 3.42. The van der Waals surface area contributed by atoms with Crippen LogP contribution in [0.4, 0.5) is 10.1 Å². The summed E-state index contributed by atoms with van der Waals surface area (Å²) in [6.45, 7) is 4.01. The second kappa shape index (κ2) is 4.55. The van der Waals surface area contributed by atoms with Gasteiger partial charge in [-0.3, -0.25) is 4.79 Å². The first-order valence-corrected chi connectivity index (χ1v) is 7.21. The summed E-state index contributed by atoms with van der Waals surface area (Å²) in [5.41, 5.74) is -0.396. The first-order valence-electron chi connectivity index (χ1n) is 7.21. The van der Waals surface area contributed by atoms with E-state index < -0.39 is 11.2 Å². The van der Waals surface area contributed by atoms with Crippen molar-refractivity contribution in [3.8, 4) is 0 Å². The number of benzene rings is 1. The second-order valence-corrected chi connectivity index (χ2v) is 6.63. The van der Waals surface area contributed by atoms with Gasteiger partial charge in [-0.25, -0.2) is 4.39 Å². The number of amides is 1. The van der Waals surface area contributed by atoms with E-state index in [2.05, 4.69) is 10.5 Å². The minimum Gasteiger partial charge on any atom is -0.411 e. The van der Waals surface area contributed by atoms with E-state index in [1.54, 1.807) is 12.1 Å². The number of fused-ring (bicyclic) bond motifs is 2. The number of para-hydroxylation sites is 1. The van der Waals surface area contributed by atoms with Crippen molar-refractivity contribution in [1.29, 1.82) is 0 Å². The van der Waals surface area contributed by atoms with E-state index in [1.165, 1.54) is 12.1 Å². The molecule has 0 aromatic heterocycles. The number of hydrogen-bond acceptors (Lipinski definition) is 3. The summed E-state index contributed by atoms with van der Waals surface area (Å²) in [6, 6.07) is 6.10.